The quantitative estimate of drug-likeness (QED) is 0.884. The first-order valence-corrected chi connectivity index (χ1v) is 6.90. The number of aromatic nitrogens is 2. The zero-order valence-corrected chi connectivity index (χ0v) is 11.7. The summed E-state index contributed by atoms with van der Waals surface area (Å²) >= 11 is 0. The fourth-order valence-electron chi connectivity index (χ4n) is 2.48. The Labute approximate surface area is 110 Å². The summed E-state index contributed by atoms with van der Waals surface area (Å²) in [5.41, 5.74) is 2.08. The Morgan fingerprint density at radius 3 is 2.61 bits per heavy atom. The molecular formula is C14H24N4. The van der Waals surface area contributed by atoms with E-state index in [1.807, 2.05) is 27.1 Å². The van der Waals surface area contributed by atoms with Crippen molar-refractivity contribution in [2.75, 3.05) is 31.6 Å². The Morgan fingerprint density at radius 2 is 2.00 bits per heavy atom. The summed E-state index contributed by atoms with van der Waals surface area (Å²) < 4.78 is 0. The number of rotatable bonds is 4. The van der Waals surface area contributed by atoms with Gasteiger partial charge >= 0.3 is 0 Å². The van der Waals surface area contributed by atoms with E-state index in [1.54, 1.807) is 0 Å². The summed E-state index contributed by atoms with van der Waals surface area (Å²) in [5, 5.41) is 3.24. The number of hydrogen-bond donors (Lipinski definition) is 1. The van der Waals surface area contributed by atoms with Crippen LogP contribution in [-0.2, 0) is 0 Å². The first-order valence-electron chi connectivity index (χ1n) is 6.90. The lowest BCUT2D eigenvalue weighted by molar-refractivity contribution is 0.377. The Hall–Kier alpha value is -1.16. The summed E-state index contributed by atoms with van der Waals surface area (Å²) in [6.07, 6.45) is 5.76. The van der Waals surface area contributed by atoms with Gasteiger partial charge in [0.05, 0.1) is 17.6 Å². The normalized spacial score (nSPS) is 17.2. The molecule has 1 saturated heterocycles. The molecule has 2 rings (SSSR count). The first kappa shape index (κ1) is 13.3. The number of anilines is 1. The lowest BCUT2D eigenvalue weighted by Crippen LogP contribution is -2.35. The summed E-state index contributed by atoms with van der Waals surface area (Å²) in [5.74, 6) is 1.92. The van der Waals surface area contributed by atoms with Crippen LogP contribution in [0.1, 0.15) is 30.7 Å². The SMILES string of the molecule is CNCCC1CCN(c2cnc(C)c(C)n2)CC1. The van der Waals surface area contributed by atoms with Crippen LogP contribution in [0.5, 0.6) is 0 Å². The van der Waals surface area contributed by atoms with E-state index in [0.717, 1.165) is 42.8 Å². The Balaban J connectivity index is 1.90. The molecule has 0 spiro atoms. The van der Waals surface area contributed by atoms with Crippen LogP contribution in [0.4, 0.5) is 5.82 Å². The highest BCUT2D eigenvalue weighted by atomic mass is 15.2. The predicted octanol–water partition coefficient (Wildman–Crippen LogP) is 1.92. The minimum Gasteiger partial charge on any atom is -0.355 e. The molecule has 4 heteroatoms. The Morgan fingerprint density at radius 1 is 1.28 bits per heavy atom. The molecule has 2 heterocycles. The minimum atomic E-state index is 0.869. The van der Waals surface area contributed by atoms with Gasteiger partial charge in [0.15, 0.2) is 0 Å². The highest BCUT2D eigenvalue weighted by Crippen LogP contribution is 2.23. The number of piperidine rings is 1. The van der Waals surface area contributed by atoms with Gasteiger partial charge in [-0.05, 0) is 52.6 Å². The van der Waals surface area contributed by atoms with E-state index in [0.29, 0.717) is 0 Å². The van der Waals surface area contributed by atoms with Crippen molar-refractivity contribution in [2.45, 2.75) is 33.1 Å². The maximum atomic E-state index is 4.63. The predicted molar refractivity (Wildman–Crippen MR) is 75.0 cm³/mol. The second kappa shape index (κ2) is 6.14. The summed E-state index contributed by atoms with van der Waals surface area (Å²) in [7, 11) is 2.03. The van der Waals surface area contributed by atoms with E-state index in [1.165, 1.54) is 19.3 Å². The third-order valence-corrected chi connectivity index (χ3v) is 3.92. The van der Waals surface area contributed by atoms with Crippen molar-refractivity contribution < 1.29 is 0 Å². The smallest absolute Gasteiger partial charge is 0.147 e. The minimum absolute atomic E-state index is 0.869. The largest absolute Gasteiger partial charge is 0.355 e. The number of nitrogens with zero attached hydrogens (tertiary/aromatic N) is 3. The Kier molecular flexibility index (Phi) is 4.53. The second-order valence-electron chi connectivity index (χ2n) is 5.22. The lowest BCUT2D eigenvalue weighted by Gasteiger charge is -2.32. The van der Waals surface area contributed by atoms with Crippen molar-refractivity contribution in [1.29, 1.82) is 0 Å². The van der Waals surface area contributed by atoms with Crippen LogP contribution >= 0.6 is 0 Å². The average molecular weight is 248 g/mol. The van der Waals surface area contributed by atoms with Crippen molar-refractivity contribution >= 4 is 5.82 Å². The number of nitrogens with one attached hydrogen (secondary N) is 1. The topological polar surface area (TPSA) is 41.0 Å². The van der Waals surface area contributed by atoms with Gasteiger partial charge in [0.2, 0.25) is 0 Å². The van der Waals surface area contributed by atoms with E-state index in [4.69, 9.17) is 0 Å². The number of hydrogen-bond acceptors (Lipinski definition) is 4. The molecule has 1 aliphatic heterocycles. The summed E-state index contributed by atoms with van der Waals surface area (Å²) in [6, 6.07) is 0. The maximum Gasteiger partial charge on any atom is 0.147 e. The van der Waals surface area contributed by atoms with Gasteiger partial charge in [-0.3, -0.25) is 4.98 Å². The van der Waals surface area contributed by atoms with Crippen molar-refractivity contribution in [3.8, 4) is 0 Å². The van der Waals surface area contributed by atoms with Crippen molar-refractivity contribution in [3.05, 3.63) is 17.6 Å². The molecule has 1 N–H and O–H groups in total. The van der Waals surface area contributed by atoms with Crippen LogP contribution in [0, 0.1) is 19.8 Å². The van der Waals surface area contributed by atoms with Crippen molar-refractivity contribution in [1.82, 2.24) is 15.3 Å². The molecule has 0 radical (unpaired) electrons. The molecule has 1 fully saturated rings. The molecule has 0 aliphatic carbocycles. The standard InChI is InChI=1S/C14H24N4/c1-11-12(2)17-14(10-16-11)18-8-5-13(6-9-18)4-7-15-3/h10,13,15H,4-9H2,1-3H3. The van der Waals surface area contributed by atoms with Gasteiger partial charge in [-0.1, -0.05) is 0 Å². The van der Waals surface area contributed by atoms with E-state index in [2.05, 4.69) is 20.2 Å². The van der Waals surface area contributed by atoms with E-state index in [9.17, 15) is 0 Å². The van der Waals surface area contributed by atoms with Crippen LogP contribution in [0.3, 0.4) is 0 Å². The molecule has 18 heavy (non-hydrogen) atoms. The lowest BCUT2D eigenvalue weighted by atomic mass is 9.93. The molecule has 1 aromatic rings. The molecule has 1 aromatic heterocycles. The van der Waals surface area contributed by atoms with Gasteiger partial charge in [0.25, 0.3) is 0 Å². The fourth-order valence-corrected chi connectivity index (χ4v) is 2.48. The van der Waals surface area contributed by atoms with Gasteiger partial charge in [0.1, 0.15) is 5.82 Å². The monoisotopic (exact) mass is 248 g/mol. The van der Waals surface area contributed by atoms with Crippen LogP contribution in [0.2, 0.25) is 0 Å². The molecule has 100 valence electrons. The summed E-state index contributed by atoms with van der Waals surface area (Å²) in [6.45, 7) is 7.41. The van der Waals surface area contributed by atoms with Crippen molar-refractivity contribution in [3.63, 3.8) is 0 Å². The third-order valence-electron chi connectivity index (χ3n) is 3.92. The van der Waals surface area contributed by atoms with E-state index < -0.39 is 0 Å². The van der Waals surface area contributed by atoms with Crippen LogP contribution < -0.4 is 10.2 Å². The van der Waals surface area contributed by atoms with Crippen LogP contribution in [0.25, 0.3) is 0 Å². The second-order valence-corrected chi connectivity index (χ2v) is 5.22. The molecule has 4 nitrogen and oxygen atoms in total. The van der Waals surface area contributed by atoms with E-state index >= 15 is 0 Å². The van der Waals surface area contributed by atoms with Crippen LogP contribution in [-0.4, -0.2) is 36.6 Å². The molecule has 0 atom stereocenters. The molecular weight excluding hydrogens is 224 g/mol. The highest BCUT2D eigenvalue weighted by Gasteiger charge is 2.20. The first-order chi connectivity index (χ1) is 8.70. The van der Waals surface area contributed by atoms with E-state index in [-0.39, 0.29) is 0 Å². The average Bonchev–Trinajstić information content (AvgIpc) is 2.40. The third kappa shape index (κ3) is 3.19. The van der Waals surface area contributed by atoms with Gasteiger partial charge < -0.3 is 10.2 Å². The molecule has 0 aromatic carbocycles. The molecule has 0 bridgehead atoms. The molecule has 1 aliphatic rings. The fraction of sp³-hybridized carbons (Fsp3) is 0.714. The van der Waals surface area contributed by atoms with Gasteiger partial charge in [0, 0.05) is 13.1 Å². The maximum absolute atomic E-state index is 4.63. The molecule has 0 unspecified atom stereocenters. The van der Waals surface area contributed by atoms with Gasteiger partial charge in [-0.25, -0.2) is 4.98 Å². The Bertz CT molecular complexity index is 383. The highest BCUT2D eigenvalue weighted by molar-refractivity contribution is 5.37. The number of aryl methyl sites for hydroxylation is 2. The molecule has 0 amide bonds. The molecule has 0 saturated carbocycles. The van der Waals surface area contributed by atoms with Gasteiger partial charge in [-0.15, -0.1) is 0 Å². The van der Waals surface area contributed by atoms with Crippen LogP contribution in [0.15, 0.2) is 6.20 Å². The summed E-state index contributed by atoms with van der Waals surface area (Å²) in [4.78, 5) is 11.4. The zero-order valence-electron chi connectivity index (χ0n) is 11.7. The van der Waals surface area contributed by atoms with Crippen molar-refractivity contribution in [2.24, 2.45) is 5.92 Å². The zero-order chi connectivity index (χ0) is 13.0. The van der Waals surface area contributed by atoms with Gasteiger partial charge in [-0.2, -0.15) is 0 Å².